The topological polar surface area (TPSA) is 59.5 Å². The van der Waals surface area contributed by atoms with Gasteiger partial charge in [-0.2, -0.15) is 4.31 Å². The van der Waals surface area contributed by atoms with E-state index in [1.165, 1.54) is 15.6 Å². The van der Waals surface area contributed by atoms with E-state index in [4.69, 9.17) is 4.74 Å². The summed E-state index contributed by atoms with van der Waals surface area (Å²) in [6, 6.07) is 14.1. The van der Waals surface area contributed by atoms with Crippen LogP contribution in [0.2, 0.25) is 0 Å². The number of para-hydroxylation sites is 1. The molecule has 0 aliphatic rings. The van der Waals surface area contributed by atoms with Crippen molar-refractivity contribution in [1.29, 1.82) is 0 Å². The second kappa shape index (κ2) is 6.27. The van der Waals surface area contributed by atoms with E-state index in [2.05, 4.69) is 4.98 Å². The number of nitrogens with zero attached hydrogens (tertiary/aromatic N) is 2. The first-order valence-corrected chi connectivity index (χ1v) is 9.21. The van der Waals surface area contributed by atoms with E-state index in [0.717, 1.165) is 15.2 Å². The van der Waals surface area contributed by atoms with Gasteiger partial charge < -0.3 is 4.74 Å². The van der Waals surface area contributed by atoms with Crippen molar-refractivity contribution >= 4 is 31.6 Å². The Kier molecular flexibility index (Phi) is 4.34. The third-order valence-corrected chi connectivity index (χ3v) is 6.30. The molecule has 3 rings (SSSR count). The van der Waals surface area contributed by atoms with Crippen LogP contribution in [0.5, 0.6) is 5.75 Å². The van der Waals surface area contributed by atoms with Gasteiger partial charge >= 0.3 is 0 Å². The van der Waals surface area contributed by atoms with Crippen LogP contribution >= 0.6 is 11.3 Å². The van der Waals surface area contributed by atoms with Crippen LogP contribution in [-0.4, -0.2) is 31.9 Å². The maximum Gasteiger partial charge on any atom is 0.243 e. The zero-order valence-electron chi connectivity index (χ0n) is 12.8. The molecule has 120 valence electrons. The summed E-state index contributed by atoms with van der Waals surface area (Å²) < 4.78 is 32.6. The molecule has 23 heavy (non-hydrogen) atoms. The largest absolute Gasteiger partial charge is 0.497 e. The van der Waals surface area contributed by atoms with E-state index >= 15 is 0 Å². The smallest absolute Gasteiger partial charge is 0.243 e. The zero-order chi connectivity index (χ0) is 16.4. The van der Waals surface area contributed by atoms with Crippen molar-refractivity contribution in [2.24, 2.45) is 0 Å². The summed E-state index contributed by atoms with van der Waals surface area (Å²) in [6.45, 7) is 0.244. The minimum absolute atomic E-state index is 0.238. The number of rotatable bonds is 5. The first kappa shape index (κ1) is 15.9. The standard InChI is InChI=1S/C16H16N2O3S2/c1-18(11-16-17-14-5-3-4-6-15(14)22-16)23(19,20)13-9-7-12(21-2)8-10-13/h3-10H,11H2,1-2H3. The summed E-state index contributed by atoms with van der Waals surface area (Å²) in [7, 11) is -0.450. The van der Waals surface area contributed by atoms with Crippen LogP contribution in [0, 0.1) is 0 Å². The second-order valence-electron chi connectivity index (χ2n) is 5.01. The number of fused-ring (bicyclic) bond motifs is 1. The number of aromatic nitrogens is 1. The molecule has 3 aromatic rings. The first-order chi connectivity index (χ1) is 11.0. The van der Waals surface area contributed by atoms with E-state index in [-0.39, 0.29) is 11.4 Å². The lowest BCUT2D eigenvalue weighted by atomic mass is 10.3. The maximum atomic E-state index is 12.6. The number of ether oxygens (including phenoxy) is 1. The highest BCUT2D eigenvalue weighted by molar-refractivity contribution is 7.89. The van der Waals surface area contributed by atoms with Crippen molar-refractivity contribution in [2.75, 3.05) is 14.2 Å². The van der Waals surface area contributed by atoms with Gasteiger partial charge in [0.2, 0.25) is 10.0 Å². The Morgan fingerprint density at radius 3 is 2.48 bits per heavy atom. The molecular weight excluding hydrogens is 332 g/mol. The monoisotopic (exact) mass is 348 g/mol. The molecule has 7 heteroatoms. The van der Waals surface area contributed by atoms with Crippen molar-refractivity contribution in [3.63, 3.8) is 0 Å². The quantitative estimate of drug-likeness (QED) is 0.711. The molecule has 5 nitrogen and oxygen atoms in total. The molecule has 1 aromatic heterocycles. The van der Waals surface area contributed by atoms with E-state index in [1.54, 1.807) is 38.4 Å². The van der Waals surface area contributed by atoms with Crippen LogP contribution in [0.25, 0.3) is 10.2 Å². The maximum absolute atomic E-state index is 12.6. The Hall–Kier alpha value is -1.96. The van der Waals surface area contributed by atoms with Gasteiger partial charge in [-0.1, -0.05) is 12.1 Å². The van der Waals surface area contributed by atoms with E-state index < -0.39 is 10.0 Å². The third kappa shape index (κ3) is 3.21. The fraction of sp³-hybridized carbons (Fsp3) is 0.188. The van der Waals surface area contributed by atoms with Gasteiger partial charge in [-0.3, -0.25) is 0 Å². The summed E-state index contributed by atoms with van der Waals surface area (Å²) in [5.41, 5.74) is 0.891. The van der Waals surface area contributed by atoms with Gasteiger partial charge in [0.15, 0.2) is 0 Å². The average Bonchev–Trinajstić information content (AvgIpc) is 2.97. The molecule has 0 atom stereocenters. The van der Waals surface area contributed by atoms with E-state index in [0.29, 0.717) is 5.75 Å². The molecule has 0 radical (unpaired) electrons. The average molecular weight is 348 g/mol. The lowest BCUT2D eigenvalue weighted by molar-refractivity contribution is 0.414. The van der Waals surface area contributed by atoms with Gasteiger partial charge in [0.1, 0.15) is 10.8 Å². The minimum Gasteiger partial charge on any atom is -0.497 e. The summed E-state index contributed by atoms with van der Waals surface area (Å²) in [4.78, 5) is 4.72. The van der Waals surface area contributed by atoms with Crippen LogP contribution in [0.15, 0.2) is 53.4 Å². The fourth-order valence-corrected chi connectivity index (χ4v) is 4.43. The molecule has 2 aromatic carbocycles. The number of sulfonamides is 1. The molecule has 1 heterocycles. The van der Waals surface area contributed by atoms with Crippen LogP contribution in [0.4, 0.5) is 0 Å². The van der Waals surface area contributed by atoms with Gasteiger partial charge in [0.25, 0.3) is 0 Å². The van der Waals surface area contributed by atoms with Gasteiger partial charge in [0, 0.05) is 7.05 Å². The zero-order valence-corrected chi connectivity index (χ0v) is 14.4. The van der Waals surface area contributed by atoms with Crippen molar-refractivity contribution in [2.45, 2.75) is 11.4 Å². The molecule has 0 aliphatic heterocycles. The molecule has 0 N–H and O–H groups in total. The summed E-state index contributed by atoms with van der Waals surface area (Å²) in [5.74, 6) is 0.623. The normalized spacial score (nSPS) is 12.0. The van der Waals surface area contributed by atoms with Crippen LogP contribution in [0.1, 0.15) is 5.01 Å². The highest BCUT2D eigenvalue weighted by Crippen LogP contribution is 2.25. The van der Waals surface area contributed by atoms with Gasteiger partial charge in [-0.15, -0.1) is 11.3 Å². The van der Waals surface area contributed by atoms with Gasteiger partial charge in [-0.25, -0.2) is 13.4 Å². The predicted molar refractivity (Wildman–Crippen MR) is 91.3 cm³/mol. The SMILES string of the molecule is COc1ccc(S(=O)(=O)N(C)Cc2nc3ccccc3s2)cc1. The van der Waals surface area contributed by atoms with Crippen LogP contribution in [0.3, 0.4) is 0 Å². The van der Waals surface area contributed by atoms with Crippen molar-refractivity contribution < 1.29 is 13.2 Å². The number of hydrogen-bond acceptors (Lipinski definition) is 5. The molecular formula is C16H16N2O3S2. The number of thiazole rings is 1. The molecule has 0 saturated heterocycles. The Morgan fingerprint density at radius 1 is 1.13 bits per heavy atom. The van der Waals surface area contributed by atoms with Crippen molar-refractivity contribution in [1.82, 2.24) is 9.29 Å². The second-order valence-corrected chi connectivity index (χ2v) is 8.17. The molecule has 0 aliphatic carbocycles. The molecule has 0 amide bonds. The Labute approximate surface area is 139 Å². The number of hydrogen-bond donors (Lipinski definition) is 0. The van der Waals surface area contributed by atoms with Crippen LogP contribution in [-0.2, 0) is 16.6 Å². The minimum atomic E-state index is -3.56. The lowest BCUT2D eigenvalue weighted by Crippen LogP contribution is -2.26. The summed E-state index contributed by atoms with van der Waals surface area (Å²) >= 11 is 1.51. The molecule has 0 unspecified atom stereocenters. The van der Waals surface area contributed by atoms with Gasteiger partial charge in [0.05, 0.1) is 28.8 Å². The number of benzene rings is 2. The lowest BCUT2D eigenvalue weighted by Gasteiger charge is -2.16. The molecule has 0 bridgehead atoms. The fourth-order valence-electron chi connectivity index (χ4n) is 2.19. The highest BCUT2D eigenvalue weighted by atomic mass is 32.2. The Balaban J connectivity index is 1.84. The molecule has 0 saturated carbocycles. The Bertz CT molecular complexity index is 885. The van der Waals surface area contributed by atoms with Crippen molar-refractivity contribution in [3.05, 3.63) is 53.5 Å². The molecule has 0 spiro atoms. The molecule has 0 fully saturated rings. The van der Waals surface area contributed by atoms with E-state index in [9.17, 15) is 8.42 Å². The first-order valence-electron chi connectivity index (χ1n) is 6.95. The van der Waals surface area contributed by atoms with Crippen LogP contribution < -0.4 is 4.74 Å². The third-order valence-electron chi connectivity index (χ3n) is 3.46. The highest BCUT2D eigenvalue weighted by Gasteiger charge is 2.22. The van der Waals surface area contributed by atoms with E-state index in [1.807, 2.05) is 24.3 Å². The summed E-state index contributed by atoms with van der Waals surface area (Å²) in [5, 5.41) is 0.769. The van der Waals surface area contributed by atoms with Crippen molar-refractivity contribution in [3.8, 4) is 5.75 Å². The Morgan fingerprint density at radius 2 is 1.83 bits per heavy atom. The van der Waals surface area contributed by atoms with Gasteiger partial charge in [-0.05, 0) is 36.4 Å². The predicted octanol–water partition coefficient (Wildman–Crippen LogP) is 3.13. The number of methoxy groups -OCH3 is 1. The summed E-state index contributed by atoms with van der Waals surface area (Å²) in [6.07, 6.45) is 0.